The highest BCUT2D eigenvalue weighted by Crippen LogP contribution is 2.20. The van der Waals surface area contributed by atoms with Crippen molar-refractivity contribution < 1.29 is 10.2 Å². The van der Waals surface area contributed by atoms with Gasteiger partial charge in [-0.1, -0.05) is 55.7 Å². The van der Waals surface area contributed by atoms with Crippen LogP contribution in [0.15, 0.2) is 48.5 Å². The van der Waals surface area contributed by atoms with E-state index in [2.05, 4.69) is 5.32 Å². The van der Waals surface area contributed by atoms with Gasteiger partial charge in [-0.25, -0.2) is 0 Å². The van der Waals surface area contributed by atoms with Crippen LogP contribution in [0.25, 0.3) is 0 Å². The quantitative estimate of drug-likeness (QED) is 0.690. The predicted octanol–water partition coefficient (Wildman–Crippen LogP) is 3.67. The molecule has 0 aromatic heterocycles. The molecule has 0 bridgehead atoms. The molecular formula is C20H28N2O2. The van der Waals surface area contributed by atoms with Crippen LogP contribution in [-0.4, -0.2) is 16.3 Å². The maximum Gasteiger partial charge on any atom is 0.120 e. The molecule has 2 aromatic rings. The van der Waals surface area contributed by atoms with Crippen LogP contribution in [0.4, 0.5) is 0 Å². The lowest BCUT2D eigenvalue weighted by Crippen LogP contribution is -2.30. The molecule has 0 unspecified atom stereocenters. The van der Waals surface area contributed by atoms with Gasteiger partial charge in [0.25, 0.3) is 0 Å². The summed E-state index contributed by atoms with van der Waals surface area (Å²) in [5.74, 6) is 0.681. The molecule has 3 rings (SSSR count). The maximum atomic E-state index is 9.60. The Bertz CT molecular complexity index is 610. The molecule has 1 saturated carbocycles. The number of nitrogens with two attached hydrogens (primary N) is 1. The lowest BCUT2D eigenvalue weighted by molar-refractivity contribution is 0.369. The van der Waals surface area contributed by atoms with Crippen LogP contribution < -0.4 is 11.1 Å². The Hall–Kier alpha value is -2.04. The van der Waals surface area contributed by atoms with Gasteiger partial charge < -0.3 is 21.3 Å². The molecule has 0 spiro atoms. The van der Waals surface area contributed by atoms with E-state index in [1.807, 2.05) is 24.3 Å². The van der Waals surface area contributed by atoms with Crippen molar-refractivity contribution in [2.45, 2.75) is 51.2 Å². The number of hydrogen-bond acceptors (Lipinski definition) is 4. The Morgan fingerprint density at radius 2 is 1.38 bits per heavy atom. The zero-order valence-electron chi connectivity index (χ0n) is 14.1. The molecule has 5 N–H and O–H groups in total. The van der Waals surface area contributed by atoms with Gasteiger partial charge in [-0.05, 0) is 25.0 Å². The molecule has 4 nitrogen and oxygen atoms in total. The summed E-state index contributed by atoms with van der Waals surface area (Å²) in [5.41, 5.74) is 7.08. The molecule has 1 fully saturated rings. The Labute approximate surface area is 144 Å². The number of benzene rings is 2. The fourth-order valence-electron chi connectivity index (χ4n) is 2.90. The van der Waals surface area contributed by atoms with Crippen molar-refractivity contribution in [2.24, 2.45) is 5.73 Å². The van der Waals surface area contributed by atoms with Crippen LogP contribution in [0.1, 0.15) is 43.2 Å². The van der Waals surface area contributed by atoms with E-state index in [-0.39, 0.29) is 5.75 Å². The van der Waals surface area contributed by atoms with Crippen molar-refractivity contribution >= 4 is 0 Å². The highest BCUT2D eigenvalue weighted by atomic mass is 16.3. The van der Waals surface area contributed by atoms with Crippen molar-refractivity contribution in [3.63, 3.8) is 0 Å². The summed E-state index contributed by atoms with van der Waals surface area (Å²) in [6, 6.07) is 15.3. The Kier molecular flexibility index (Phi) is 7.59. The lowest BCUT2D eigenvalue weighted by Gasteiger charge is -2.23. The van der Waals surface area contributed by atoms with Gasteiger partial charge in [-0.15, -0.1) is 0 Å². The number of hydrogen-bond donors (Lipinski definition) is 4. The standard InChI is InChI=1S/C13H19NO.C7H9NO/c15-13-9-5-4-6-11(13)10-14-12-7-2-1-3-8-12;8-5-6-3-1-2-4-7(6)9/h4-6,9,12,14-15H,1-3,7-8,10H2;1-4,9H,5,8H2. The van der Waals surface area contributed by atoms with E-state index in [0.29, 0.717) is 18.3 Å². The Balaban J connectivity index is 0.000000198. The summed E-state index contributed by atoms with van der Waals surface area (Å²) < 4.78 is 0. The SMILES string of the molecule is NCc1ccccc1O.Oc1ccccc1CNC1CCCCC1. The highest BCUT2D eigenvalue weighted by Gasteiger charge is 2.12. The zero-order chi connectivity index (χ0) is 17.2. The molecule has 0 heterocycles. The van der Waals surface area contributed by atoms with Crippen LogP contribution >= 0.6 is 0 Å². The van der Waals surface area contributed by atoms with Crippen molar-refractivity contribution in [3.8, 4) is 11.5 Å². The van der Waals surface area contributed by atoms with Crippen LogP contribution in [0.5, 0.6) is 11.5 Å². The average molecular weight is 328 g/mol. The van der Waals surface area contributed by atoms with Crippen LogP contribution in [-0.2, 0) is 13.1 Å². The molecule has 0 saturated heterocycles. The van der Waals surface area contributed by atoms with E-state index in [1.165, 1.54) is 32.1 Å². The van der Waals surface area contributed by atoms with Gasteiger partial charge in [-0.2, -0.15) is 0 Å². The van der Waals surface area contributed by atoms with Crippen LogP contribution in [0, 0.1) is 0 Å². The zero-order valence-corrected chi connectivity index (χ0v) is 14.1. The minimum atomic E-state index is 0.278. The van der Waals surface area contributed by atoms with Gasteiger partial charge in [-0.3, -0.25) is 0 Å². The molecule has 0 radical (unpaired) electrons. The van der Waals surface area contributed by atoms with E-state index in [1.54, 1.807) is 24.3 Å². The number of para-hydroxylation sites is 2. The first-order valence-corrected chi connectivity index (χ1v) is 8.68. The van der Waals surface area contributed by atoms with Gasteiger partial charge in [0.2, 0.25) is 0 Å². The first-order valence-electron chi connectivity index (χ1n) is 8.68. The summed E-state index contributed by atoms with van der Waals surface area (Å²) in [5, 5.41) is 22.1. The summed E-state index contributed by atoms with van der Waals surface area (Å²) in [4.78, 5) is 0. The third-order valence-electron chi connectivity index (χ3n) is 4.39. The topological polar surface area (TPSA) is 78.5 Å². The number of nitrogens with one attached hydrogen (secondary N) is 1. The molecule has 4 heteroatoms. The average Bonchev–Trinajstić information content (AvgIpc) is 2.63. The Morgan fingerprint density at radius 3 is 1.88 bits per heavy atom. The van der Waals surface area contributed by atoms with E-state index in [9.17, 15) is 5.11 Å². The van der Waals surface area contributed by atoms with E-state index >= 15 is 0 Å². The second-order valence-electron chi connectivity index (χ2n) is 6.18. The summed E-state index contributed by atoms with van der Waals surface area (Å²) in [6.07, 6.45) is 6.65. The molecule has 1 aliphatic carbocycles. The first kappa shape index (κ1) is 18.3. The van der Waals surface area contributed by atoms with Crippen molar-refractivity contribution in [1.82, 2.24) is 5.32 Å². The summed E-state index contributed by atoms with van der Waals surface area (Å²) in [6.45, 7) is 1.18. The largest absolute Gasteiger partial charge is 0.508 e. The highest BCUT2D eigenvalue weighted by molar-refractivity contribution is 5.32. The fourth-order valence-corrected chi connectivity index (χ4v) is 2.90. The molecular weight excluding hydrogens is 300 g/mol. The van der Waals surface area contributed by atoms with Gasteiger partial charge >= 0.3 is 0 Å². The maximum absolute atomic E-state index is 9.60. The van der Waals surface area contributed by atoms with Crippen LogP contribution in [0.2, 0.25) is 0 Å². The third-order valence-corrected chi connectivity index (χ3v) is 4.39. The number of phenols is 2. The van der Waals surface area contributed by atoms with Crippen molar-refractivity contribution in [3.05, 3.63) is 59.7 Å². The molecule has 1 aliphatic rings. The Morgan fingerprint density at radius 1 is 0.833 bits per heavy atom. The molecule has 0 aliphatic heterocycles. The molecule has 130 valence electrons. The lowest BCUT2D eigenvalue weighted by atomic mass is 9.95. The van der Waals surface area contributed by atoms with Gasteiger partial charge in [0.15, 0.2) is 0 Å². The normalized spacial score (nSPS) is 14.7. The molecule has 0 amide bonds. The van der Waals surface area contributed by atoms with E-state index in [4.69, 9.17) is 10.8 Å². The molecule has 24 heavy (non-hydrogen) atoms. The second-order valence-corrected chi connectivity index (χ2v) is 6.18. The number of aromatic hydroxyl groups is 2. The molecule has 0 atom stereocenters. The predicted molar refractivity (Wildman–Crippen MR) is 97.8 cm³/mol. The first-order chi connectivity index (χ1) is 11.7. The third kappa shape index (κ3) is 5.87. The summed E-state index contributed by atoms with van der Waals surface area (Å²) >= 11 is 0. The fraction of sp³-hybridized carbons (Fsp3) is 0.400. The smallest absolute Gasteiger partial charge is 0.120 e. The van der Waals surface area contributed by atoms with E-state index in [0.717, 1.165) is 17.7 Å². The van der Waals surface area contributed by atoms with Crippen LogP contribution in [0.3, 0.4) is 0 Å². The number of phenolic OH excluding ortho intramolecular Hbond substituents is 2. The van der Waals surface area contributed by atoms with Gasteiger partial charge in [0, 0.05) is 30.3 Å². The minimum Gasteiger partial charge on any atom is -0.508 e. The monoisotopic (exact) mass is 328 g/mol. The van der Waals surface area contributed by atoms with Crippen molar-refractivity contribution in [1.29, 1.82) is 0 Å². The second kappa shape index (κ2) is 9.96. The minimum absolute atomic E-state index is 0.278. The molecule has 2 aromatic carbocycles. The van der Waals surface area contributed by atoms with Gasteiger partial charge in [0.1, 0.15) is 11.5 Å². The van der Waals surface area contributed by atoms with Crippen molar-refractivity contribution in [2.75, 3.05) is 0 Å². The summed E-state index contributed by atoms with van der Waals surface area (Å²) in [7, 11) is 0. The number of rotatable bonds is 4. The van der Waals surface area contributed by atoms with Gasteiger partial charge in [0.05, 0.1) is 0 Å². The van der Waals surface area contributed by atoms with E-state index < -0.39 is 0 Å².